The molecule has 0 aliphatic carbocycles. The molecule has 1 atom stereocenters. The monoisotopic (exact) mass is 246 g/mol. The van der Waals surface area contributed by atoms with Gasteiger partial charge in [0.05, 0.1) is 23.7 Å². The van der Waals surface area contributed by atoms with Crippen molar-refractivity contribution < 1.29 is 9.84 Å². The molecule has 1 aliphatic heterocycles. The van der Waals surface area contributed by atoms with Crippen molar-refractivity contribution in [2.75, 3.05) is 6.61 Å². The van der Waals surface area contributed by atoms with Crippen LogP contribution >= 0.6 is 0 Å². The number of nitrogens with zero attached hydrogens (tertiary/aromatic N) is 2. The molecule has 1 unspecified atom stereocenters. The molecule has 0 saturated carbocycles. The molecule has 1 fully saturated rings. The first-order valence-electron chi connectivity index (χ1n) is 5.80. The van der Waals surface area contributed by atoms with Gasteiger partial charge in [0.1, 0.15) is 5.84 Å². The van der Waals surface area contributed by atoms with E-state index in [1.807, 2.05) is 6.07 Å². The lowest BCUT2D eigenvalue weighted by molar-refractivity contribution is -0.0594. The number of hydrogen-bond donors (Lipinski definition) is 3. The quantitative estimate of drug-likeness (QED) is 0.551. The molecule has 1 saturated heterocycles. The van der Waals surface area contributed by atoms with Gasteiger partial charge in [-0.2, -0.15) is 4.98 Å². The normalized spacial score (nSPS) is 18.8. The summed E-state index contributed by atoms with van der Waals surface area (Å²) in [6, 6.07) is 5.25. The minimum atomic E-state index is -0.0267. The molecule has 2 aromatic rings. The SMILES string of the molecule is N=C(N)c1ccc2c(c1)nc(O)n2CC1CCO1. The Kier molecular flexibility index (Phi) is 2.45. The highest BCUT2D eigenvalue weighted by atomic mass is 16.5. The predicted octanol–water partition coefficient (Wildman–Crippen LogP) is 0.815. The first-order chi connectivity index (χ1) is 8.65. The Morgan fingerprint density at radius 1 is 1.61 bits per heavy atom. The summed E-state index contributed by atoms with van der Waals surface area (Å²) in [5.41, 5.74) is 7.50. The van der Waals surface area contributed by atoms with Crippen LogP contribution in [0.3, 0.4) is 0 Å². The lowest BCUT2D eigenvalue weighted by Crippen LogP contribution is -2.31. The molecule has 1 aliphatic rings. The van der Waals surface area contributed by atoms with E-state index in [2.05, 4.69) is 4.98 Å². The van der Waals surface area contributed by atoms with Crippen molar-refractivity contribution in [3.05, 3.63) is 23.8 Å². The van der Waals surface area contributed by atoms with Crippen molar-refractivity contribution in [3.8, 4) is 6.01 Å². The number of benzene rings is 1. The van der Waals surface area contributed by atoms with E-state index in [9.17, 15) is 5.11 Å². The van der Waals surface area contributed by atoms with Crippen LogP contribution in [0, 0.1) is 5.41 Å². The van der Waals surface area contributed by atoms with Crippen LogP contribution in [0.2, 0.25) is 0 Å². The number of nitrogen functional groups attached to an aromatic ring is 1. The lowest BCUT2D eigenvalue weighted by Gasteiger charge is -2.26. The summed E-state index contributed by atoms with van der Waals surface area (Å²) in [5, 5.41) is 17.2. The molecular formula is C12H14N4O2. The van der Waals surface area contributed by atoms with Gasteiger partial charge in [-0.3, -0.25) is 9.98 Å². The van der Waals surface area contributed by atoms with E-state index in [0.717, 1.165) is 18.5 Å². The summed E-state index contributed by atoms with van der Waals surface area (Å²) >= 11 is 0. The number of fused-ring (bicyclic) bond motifs is 1. The zero-order valence-electron chi connectivity index (χ0n) is 9.76. The number of rotatable bonds is 3. The van der Waals surface area contributed by atoms with Crippen LogP contribution in [0.1, 0.15) is 12.0 Å². The molecule has 4 N–H and O–H groups in total. The molecule has 94 valence electrons. The maximum absolute atomic E-state index is 9.84. The van der Waals surface area contributed by atoms with E-state index in [1.54, 1.807) is 16.7 Å². The number of amidine groups is 1. The number of imidazole rings is 1. The molecule has 6 nitrogen and oxygen atoms in total. The number of nitrogens with two attached hydrogens (primary N) is 1. The second-order valence-electron chi connectivity index (χ2n) is 4.42. The van der Waals surface area contributed by atoms with Gasteiger partial charge in [0.15, 0.2) is 0 Å². The number of nitrogens with one attached hydrogen (secondary N) is 1. The van der Waals surface area contributed by atoms with Crippen molar-refractivity contribution >= 4 is 16.9 Å². The van der Waals surface area contributed by atoms with E-state index in [4.69, 9.17) is 15.9 Å². The maximum Gasteiger partial charge on any atom is 0.294 e. The van der Waals surface area contributed by atoms with Crippen LogP contribution in [0.5, 0.6) is 6.01 Å². The van der Waals surface area contributed by atoms with Gasteiger partial charge in [-0.05, 0) is 24.6 Å². The second-order valence-corrected chi connectivity index (χ2v) is 4.42. The van der Waals surface area contributed by atoms with Crippen LogP contribution in [-0.4, -0.2) is 33.2 Å². The minimum absolute atomic E-state index is 0.00624. The molecule has 0 amide bonds. The number of ether oxygens (including phenoxy) is 1. The number of hydrogen-bond acceptors (Lipinski definition) is 4. The second kappa shape index (κ2) is 3.99. The van der Waals surface area contributed by atoms with Gasteiger partial charge < -0.3 is 15.6 Å². The summed E-state index contributed by atoms with van der Waals surface area (Å²) in [7, 11) is 0. The van der Waals surface area contributed by atoms with E-state index >= 15 is 0 Å². The van der Waals surface area contributed by atoms with E-state index < -0.39 is 0 Å². The summed E-state index contributed by atoms with van der Waals surface area (Å²) in [4.78, 5) is 4.08. The van der Waals surface area contributed by atoms with Crippen molar-refractivity contribution in [1.29, 1.82) is 5.41 Å². The highest BCUT2D eigenvalue weighted by Crippen LogP contribution is 2.24. The van der Waals surface area contributed by atoms with Crippen LogP contribution in [-0.2, 0) is 11.3 Å². The number of aromatic nitrogens is 2. The zero-order chi connectivity index (χ0) is 12.7. The van der Waals surface area contributed by atoms with Crippen LogP contribution < -0.4 is 5.73 Å². The number of aromatic hydroxyl groups is 1. The Morgan fingerprint density at radius 3 is 3.00 bits per heavy atom. The van der Waals surface area contributed by atoms with Crippen LogP contribution in [0.15, 0.2) is 18.2 Å². The minimum Gasteiger partial charge on any atom is -0.480 e. The fourth-order valence-electron chi connectivity index (χ4n) is 2.10. The molecule has 0 radical (unpaired) electrons. The molecule has 6 heteroatoms. The molecule has 0 bridgehead atoms. The van der Waals surface area contributed by atoms with Crippen molar-refractivity contribution in [3.63, 3.8) is 0 Å². The highest BCUT2D eigenvalue weighted by Gasteiger charge is 2.21. The average Bonchev–Trinajstić information content (AvgIpc) is 2.58. The van der Waals surface area contributed by atoms with Crippen molar-refractivity contribution in [2.45, 2.75) is 19.1 Å². The average molecular weight is 246 g/mol. The summed E-state index contributed by atoms with van der Waals surface area (Å²) in [5.74, 6) is -0.00624. The summed E-state index contributed by atoms with van der Waals surface area (Å²) in [6.07, 6.45) is 1.16. The van der Waals surface area contributed by atoms with E-state index in [-0.39, 0.29) is 18.0 Å². The summed E-state index contributed by atoms with van der Waals surface area (Å²) < 4.78 is 7.08. The first-order valence-corrected chi connectivity index (χ1v) is 5.80. The fourth-order valence-corrected chi connectivity index (χ4v) is 2.10. The van der Waals surface area contributed by atoms with Crippen molar-refractivity contribution in [1.82, 2.24) is 9.55 Å². The molecule has 3 rings (SSSR count). The van der Waals surface area contributed by atoms with Gasteiger partial charge in [-0.25, -0.2) is 0 Å². The van der Waals surface area contributed by atoms with Gasteiger partial charge in [-0.1, -0.05) is 0 Å². The van der Waals surface area contributed by atoms with E-state index in [0.29, 0.717) is 17.6 Å². The molecule has 18 heavy (non-hydrogen) atoms. The predicted molar refractivity (Wildman–Crippen MR) is 66.8 cm³/mol. The topological polar surface area (TPSA) is 97.2 Å². The third kappa shape index (κ3) is 1.70. The molecule has 1 aromatic heterocycles. The Hall–Kier alpha value is -2.08. The van der Waals surface area contributed by atoms with Gasteiger partial charge in [-0.15, -0.1) is 0 Å². The van der Waals surface area contributed by atoms with Gasteiger partial charge in [0.25, 0.3) is 6.01 Å². The van der Waals surface area contributed by atoms with Crippen LogP contribution in [0.25, 0.3) is 11.0 Å². The Balaban J connectivity index is 2.03. The molecular weight excluding hydrogens is 232 g/mol. The largest absolute Gasteiger partial charge is 0.480 e. The maximum atomic E-state index is 9.84. The highest BCUT2D eigenvalue weighted by molar-refractivity contribution is 5.98. The van der Waals surface area contributed by atoms with Gasteiger partial charge in [0.2, 0.25) is 0 Å². The zero-order valence-corrected chi connectivity index (χ0v) is 9.76. The van der Waals surface area contributed by atoms with Crippen molar-refractivity contribution in [2.24, 2.45) is 5.73 Å². The lowest BCUT2D eigenvalue weighted by atomic mass is 10.1. The molecule has 2 heterocycles. The smallest absolute Gasteiger partial charge is 0.294 e. The van der Waals surface area contributed by atoms with Gasteiger partial charge in [0, 0.05) is 12.2 Å². The van der Waals surface area contributed by atoms with Gasteiger partial charge >= 0.3 is 0 Å². The standard InChI is InChI=1S/C12H14N4O2/c13-11(14)7-1-2-10-9(5-7)15-12(17)16(10)6-8-3-4-18-8/h1-2,5,8H,3-4,6H2,(H3,13,14)(H,15,17). The Morgan fingerprint density at radius 2 is 2.39 bits per heavy atom. The molecule has 0 spiro atoms. The Bertz CT molecular complexity index is 616. The fraction of sp³-hybridized carbons (Fsp3) is 0.333. The molecule has 1 aromatic carbocycles. The third-order valence-electron chi connectivity index (χ3n) is 3.22. The Labute approximate surface area is 104 Å². The van der Waals surface area contributed by atoms with Crippen LogP contribution in [0.4, 0.5) is 0 Å². The first kappa shape index (κ1) is 11.0. The third-order valence-corrected chi connectivity index (χ3v) is 3.22. The van der Waals surface area contributed by atoms with E-state index in [1.165, 1.54) is 0 Å². The summed E-state index contributed by atoms with van der Waals surface area (Å²) in [6.45, 7) is 1.38.